The predicted octanol–water partition coefficient (Wildman–Crippen LogP) is 6.86. The van der Waals surface area contributed by atoms with E-state index in [9.17, 15) is 0 Å². The first kappa shape index (κ1) is 17.3. The van der Waals surface area contributed by atoms with Crippen molar-refractivity contribution in [3.05, 3.63) is 64.9 Å². The molecular formula is C23H25NOS. The zero-order valence-electron chi connectivity index (χ0n) is 16.1. The van der Waals surface area contributed by atoms with Gasteiger partial charge >= 0.3 is 0 Å². The summed E-state index contributed by atoms with van der Waals surface area (Å²) in [6, 6.07) is 17.1. The van der Waals surface area contributed by atoms with Crippen molar-refractivity contribution in [1.82, 2.24) is 4.98 Å². The Balaban J connectivity index is 1.66. The van der Waals surface area contributed by atoms with E-state index in [1.807, 2.05) is 35.6 Å². The fourth-order valence-electron chi connectivity index (χ4n) is 3.30. The molecule has 0 radical (unpaired) electrons. The summed E-state index contributed by atoms with van der Waals surface area (Å²) in [5.41, 5.74) is 3.16. The van der Waals surface area contributed by atoms with Gasteiger partial charge in [0.15, 0.2) is 5.58 Å². The van der Waals surface area contributed by atoms with Crippen LogP contribution in [0, 0.1) is 0 Å². The lowest BCUT2D eigenvalue weighted by atomic mass is 9.85. The average Bonchev–Trinajstić information content (AvgIpc) is 3.18. The smallest absolute Gasteiger partial charge is 0.201 e. The van der Waals surface area contributed by atoms with Crippen molar-refractivity contribution in [1.29, 1.82) is 0 Å². The van der Waals surface area contributed by atoms with Crippen LogP contribution in [-0.4, -0.2) is 4.98 Å². The molecule has 134 valence electrons. The Kier molecular flexibility index (Phi) is 3.96. The van der Waals surface area contributed by atoms with Gasteiger partial charge in [0.1, 0.15) is 5.52 Å². The van der Waals surface area contributed by atoms with E-state index < -0.39 is 0 Å². The molecule has 0 N–H and O–H groups in total. The van der Waals surface area contributed by atoms with Crippen molar-refractivity contribution in [3.63, 3.8) is 0 Å². The van der Waals surface area contributed by atoms with Gasteiger partial charge in [0.05, 0.1) is 0 Å². The molecule has 0 saturated carbocycles. The second-order valence-electron chi connectivity index (χ2n) is 8.78. The molecule has 3 heteroatoms. The number of aromatic nitrogens is 1. The summed E-state index contributed by atoms with van der Waals surface area (Å²) in [4.78, 5) is 6.15. The molecular weight excluding hydrogens is 338 g/mol. The van der Waals surface area contributed by atoms with Gasteiger partial charge in [-0.15, -0.1) is 11.3 Å². The predicted molar refractivity (Wildman–Crippen MR) is 111 cm³/mol. The van der Waals surface area contributed by atoms with Crippen LogP contribution in [0.15, 0.2) is 52.9 Å². The molecule has 2 heterocycles. The summed E-state index contributed by atoms with van der Waals surface area (Å²) in [5, 5.41) is 1.34. The first-order valence-electron chi connectivity index (χ1n) is 9.11. The van der Waals surface area contributed by atoms with E-state index in [4.69, 9.17) is 9.40 Å². The Bertz CT molecular complexity index is 1050. The first-order chi connectivity index (χ1) is 12.2. The Morgan fingerprint density at radius 3 is 2.46 bits per heavy atom. The molecule has 2 nitrogen and oxygen atoms in total. The van der Waals surface area contributed by atoms with E-state index in [0.717, 1.165) is 23.4 Å². The third-order valence-corrected chi connectivity index (χ3v) is 6.37. The highest BCUT2D eigenvalue weighted by Crippen LogP contribution is 2.36. The Labute approximate surface area is 158 Å². The second-order valence-corrected chi connectivity index (χ2v) is 9.86. The molecule has 0 amide bonds. The standard InChI is InChI=1S/C23H25NOS/c1-22(2,3)20-13-16-11-10-15(12-19(16)26-20)14-23(4,5)21-24-17-8-6-7-9-18(17)25-21/h6-13H,14H2,1-5H3. The highest BCUT2D eigenvalue weighted by molar-refractivity contribution is 7.19. The number of fused-ring (bicyclic) bond motifs is 2. The van der Waals surface area contributed by atoms with Gasteiger partial charge in [-0.3, -0.25) is 0 Å². The number of thiophene rings is 1. The van der Waals surface area contributed by atoms with Gasteiger partial charge in [0, 0.05) is 15.0 Å². The summed E-state index contributed by atoms with van der Waals surface area (Å²) in [7, 11) is 0. The third-order valence-electron chi connectivity index (χ3n) is 4.84. The zero-order chi connectivity index (χ0) is 18.5. The number of rotatable bonds is 3. The van der Waals surface area contributed by atoms with Crippen molar-refractivity contribution < 1.29 is 4.42 Å². The van der Waals surface area contributed by atoms with Gasteiger partial charge in [0.2, 0.25) is 5.89 Å². The van der Waals surface area contributed by atoms with E-state index in [-0.39, 0.29) is 10.8 Å². The Morgan fingerprint density at radius 1 is 0.962 bits per heavy atom. The maximum atomic E-state index is 6.03. The molecule has 0 spiro atoms. The van der Waals surface area contributed by atoms with E-state index in [0.29, 0.717) is 0 Å². The van der Waals surface area contributed by atoms with Crippen LogP contribution in [0.3, 0.4) is 0 Å². The fraction of sp³-hybridized carbons (Fsp3) is 0.348. The van der Waals surface area contributed by atoms with Gasteiger partial charge in [-0.25, -0.2) is 4.98 Å². The summed E-state index contributed by atoms with van der Waals surface area (Å²) in [5.74, 6) is 0.806. The molecule has 0 aliphatic rings. The Hall–Kier alpha value is -2.13. The van der Waals surface area contributed by atoms with E-state index >= 15 is 0 Å². The molecule has 0 bridgehead atoms. The lowest BCUT2D eigenvalue weighted by molar-refractivity contribution is 0.381. The summed E-state index contributed by atoms with van der Waals surface area (Å²) >= 11 is 1.90. The van der Waals surface area contributed by atoms with Crippen LogP contribution >= 0.6 is 11.3 Å². The zero-order valence-corrected chi connectivity index (χ0v) is 16.9. The van der Waals surface area contributed by atoms with Crippen molar-refractivity contribution in [2.24, 2.45) is 0 Å². The van der Waals surface area contributed by atoms with E-state index in [1.54, 1.807) is 0 Å². The van der Waals surface area contributed by atoms with Crippen molar-refractivity contribution >= 4 is 32.5 Å². The van der Waals surface area contributed by atoms with Crippen LogP contribution in [0.2, 0.25) is 0 Å². The second kappa shape index (κ2) is 5.95. The highest BCUT2D eigenvalue weighted by atomic mass is 32.1. The largest absolute Gasteiger partial charge is 0.440 e. The van der Waals surface area contributed by atoms with E-state index in [1.165, 1.54) is 20.5 Å². The van der Waals surface area contributed by atoms with Crippen LogP contribution in [-0.2, 0) is 17.3 Å². The number of oxazole rings is 1. The SMILES string of the molecule is CC(C)(C)c1cc2ccc(CC(C)(C)c3nc4ccccc4o3)cc2s1. The molecule has 2 aromatic carbocycles. The van der Waals surface area contributed by atoms with Crippen LogP contribution in [0.1, 0.15) is 51.0 Å². The molecule has 0 aliphatic heterocycles. The molecule has 0 atom stereocenters. The molecule has 2 aromatic heterocycles. The normalized spacial score (nSPS) is 13.0. The van der Waals surface area contributed by atoms with Crippen LogP contribution in [0.5, 0.6) is 0 Å². The molecule has 4 aromatic rings. The number of para-hydroxylation sites is 2. The molecule has 4 rings (SSSR count). The van der Waals surface area contributed by atoms with Crippen molar-refractivity contribution in [3.8, 4) is 0 Å². The van der Waals surface area contributed by atoms with Gasteiger partial charge in [-0.05, 0) is 47.1 Å². The van der Waals surface area contributed by atoms with Crippen LogP contribution in [0.25, 0.3) is 21.2 Å². The molecule has 0 saturated heterocycles. The first-order valence-corrected chi connectivity index (χ1v) is 9.93. The monoisotopic (exact) mass is 363 g/mol. The van der Waals surface area contributed by atoms with Crippen LogP contribution in [0.4, 0.5) is 0 Å². The van der Waals surface area contributed by atoms with Gasteiger partial charge in [0.25, 0.3) is 0 Å². The minimum absolute atomic E-state index is 0.156. The lowest BCUT2D eigenvalue weighted by Crippen LogP contribution is -2.20. The van der Waals surface area contributed by atoms with E-state index in [2.05, 4.69) is 58.9 Å². The number of nitrogens with zero attached hydrogens (tertiary/aromatic N) is 1. The highest BCUT2D eigenvalue weighted by Gasteiger charge is 2.27. The van der Waals surface area contributed by atoms with Gasteiger partial charge in [-0.2, -0.15) is 0 Å². The quantitative estimate of drug-likeness (QED) is 0.397. The average molecular weight is 364 g/mol. The Morgan fingerprint density at radius 2 is 1.73 bits per heavy atom. The number of hydrogen-bond donors (Lipinski definition) is 0. The molecule has 26 heavy (non-hydrogen) atoms. The van der Waals surface area contributed by atoms with Gasteiger partial charge in [-0.1, -0.05) is 58.9 Å². The topological polar surface area (TPSA) is 26.0 Å². The summed E-state index contributed by atoms with van der Waals surface area (Å²) in [6.45, 7) is 11.2. The minimum atomic E-state index is -0.156. The number of benzene rings is 2. The molecule has 0 aliphatic carbocycles. The van der Waals surface area contributed by atoms with Gasteiger partial charge < -0.3 is 4.42 Å². The lowest BCUT2D eigenvalue weighted by Gasteiger charge is -2.20. The minimum Gasteiger partial charge on any atom is -0.440 e. The van der Waals surface area contributed by atoms with Crippen molar-refractivity contribution in [2.45, 2.75) is 51.9 Å². The fourth-order valence-corrected chi connectivity index (χ4v) is 4.49. The summed E-state index contributed by atoms with van der Waals surface area (Å²) in [6.07, 6.45) is 0.901. The molecule has 0 fully saturated rings. The number of hydrogen-bond acceptors (Lipinski definition) is 3. The summed E-state index contributed by atoms with van der Waals surface area (Å²) < 4.78 is 7.39. The maximum Gasteiger partial charge on any atom is 0.201 e. The van der Waals surface area contributed by atoms with Crippen molar-refractivity contribution in [2.75, 3.05) is 0 Å². The van der Waals surface area contributed by atoms with Crippen LogP contribution < -0.4 is 0 Å². The molecule has 0 unspecified atom stereocenters. The third kappa shape index (κ3) is 3.16. The maximum absolute atomic E-state index is 6.03.